The Balaban J connectivity index is 0.000000298. The zero-order chi connectivity index (χ0) is 41.9. The highest BCUT2D eigenvalue weighted by Crippen LogP contribution is 2.25. The average Bonchev–Trinajstić information content (AvgIpc) is 3.88. The zero-order valence-electron chi connectivity index (χ0n) is 33.9. The molecule has 0 radical (unpaired) electrons. The summed E-state index contributed by atoms with van der Waals surface area (Å²) in [5.41, 5.74) is 7.91. The minimum atomic E-state index is -0.582. The molecule has 0 saturated carbocycles. The summed E-state index contributed by atoms with van der Waals surface area (Å²) in [5.74, 6) is -1.62. The van der Waals surface area contributed by atoms with Gasteiger partial charge in [0.25, 0.3) is 0 Å². The maximum Gasteiger partial charge on any atom is 0.328 e. The summed E-state index contributed by atoms with van der Waals surface area (Å²) < 4.78 is 5.25. The van der Waals surface area contributed by atoms with Crippen LogP contribution < -0.4 is 26.6 Å². The van der Waals surface area contributed by atoms with E-state index in [2.05, 4.69) is 35.0 Å². The topological polar surface area (TPSA) is 204 Å². The second-order valence-electron chi connectivity index (χ2n) is 14.7. The number of carbonyl (C=O) groups is 7. The van der Waals surface area contributed by atoms with Crippen molar-refractivity contribution in [2.24, 2.45) is 5.73 Å². The molecule has 3 unspecified atom stereocenters. The number of urea groups is 1. The van der Waals surface area contributed by atoms with Gasteiger partial charge in [0.15, 0.2) is 0 Å². The van der Waals surface area contributed by atoms with Gasteiger partial charge in [0.2, 0.25) is 30.0 Å². The molecule has 3 saturated heterocycles. The molecule has 3 aliphatic heterocycles. The van der Waals surface area contributed by atoms with Gasteiger partial charge in [-0.05, 0) is 90.0 Å². The molecule has 16 nitrogen and oxygen atoms in total. The van der Waals surface area contributed by atoms with E-state index in [1.54, 1.807) is 21.9 Å². The van der Waals surface area contributed by atoms with Crippen LogP contribution in [0.3, 0.4) is 0 Å². The lowest BCUT2D eigenvalue weighted by molar-refractivity contribution is -0.153. The van der Waals surface area contributed by atoms with Crippen molar-refractivity contribution >= 4 is 53.4 Å². The quantitative estimate of drug-likeness (QED) is 0.184. The van der Waals surface area contributed by atoms with E-state index in [0.29, 0.717) is 51.0 Å². The predicted octanol–water partition coefficient (Wildman–Crippen LogP) is 2.79. The maximum absolute atomic E-state index is 13.4. The SMILES string of the molecule is CC(C)NC(=O)C1CCCCN1C(=O)C1CCCN1C(=O)CCOC(=O)C1CCCN1C=O.CN(C)c1ccc(NC(=O)NCC(N)=O)cc1.Cc1ccccc1. The van der Waals surface area contributed by atoms with Crippen LogP contribution in [0.15, 0.2) is 54.6 Å². The van der Waals surface area contributed by atoms with Gasteiger partial charge in [-0.15, -0.1) is 0 Å². The van der Waals surface area contributed by atoms with Crippen LogP contribution in [0, 0.1) is 6.92 Å². The molecule has 3 aliphatic rings. The molecule has 0 aliphatic carbocycles. The minimum Gasteiger partial charge on any atom is -0.464 e. The number of carbonyl (C=O) groups excluding carboxylic acids is 7. The Morgan fingerprint density at radius 2 is 1.47 bits per heavy atom. The van der Waals surface area contributed by atoms with Gasteiger partial charge in [-0.1, -0.05) is 35.9 Å². The van der Waals surface area contributed by atoms with E-state index in [-0.39, 0.29) is 43.3 Å². The highest BCUT2D eigenvalue weighted by atomic mass is 16.5. The monoisotopic (exact) mass is 792 g/mol. The third-order valence-electron chi connectivity index (χ3n) is 9.64. The smallest absolute Gasteiger partial charge is 0.328 e. The Kier molecular flexibility index (Phi) is 18.8. The number of nitrogens with one attached hydrogen (secondary N) is 3. The van der Waals surface area contributed by atoms with Gasteiger partial charge in [-0.3, -0.25) is 24.0 Å². The number of aryl methyl sites for hydroxylation is 1. The third-order valence-corrected chi connectivity index (χ3v) is 9.64. The molecular weight excluding hydrogens is 732 g/mol. The number of hydrogen-bond donors (Lipinski definition) is 4. The van der Waals surface area contributed by atoms with Crippen molar-refractivity contribution in [3.63, 3.8) is 0 Å². The van der Waals surface area contributed by atoms with Crippen LogP contribution in [0.2, 0.25) is 0 Å². The molecule has 3 fully saturated rings. The number of hydrogen-bond acceptors (Lipinski definition) is 9. The molecule has 0 bridgehead atoms. The molecule has 5 N–H and O–H groups in total. The maximum atomic E-state index is 13.4. The molecule has 312 valence electrons. The van der Waals surface area contributed by atoms with Crippen LogP contribution in [0.25, 0.3) is 0 Å². The van der Waals surface area contributed by atoms with Crippen molar-refractivity contribution in [1.29, 1.82) is 0 Å². The highest BCUT2D eigenvalue weighted by molar-refractivity contribution is 5.93. The molecular formula is C41H60N8O8. The standard InChI is InChI=1S/C23H36N4O6.C11H16N4O2.C7H8/c1-16(2)24-21(30)17-7-3-4-12-27(17)22(31)18-8-6-13-26(18)20(29)10-14-33-23(32)19-9-5-11-25(19)15-28;1-15(2)9-5-3-8(4-6-9)14-11(17)13-7-10(12)16;1-7-5-3-2-4-6-7/h15-19H,3-14H2,1-2H3,(H,24,30);3-6H,7H2,1-2H3,(H2,12,16)(H2,13,14,17);2-6H,1H3. The molecule has 2 aromatic rings. The average molecular weight is 793 g/mol. The van der Waals surface area contributed by atoms with E-state index in [1.807, 2.05) is 63.2 Å². The second kappa shape index (κ2) is 23.4. The van der Waals surface area contributed by atoms with E-state index in [0.717, 1.165) is 31.4 Å². The van der Waals surface area contributed by atoms with Crippen molar-refractivity contribution in [2.75, 3.05) is 57.1 Å². The number of esters is 1. The Labute approximate surface area is 335 Å². The van der Waals surface area contributed by atoms with E-state index in [4.69, 9.17) is 10.5 Å². The molecule has 0 aromatic heterocycles. The van der Waals surface area contributed by atoms with E-state index < -0.39 is 36.0 Å². The summed E-state index contributed by atoms with van der Waals surface area (Å²) in [4.78, 5) is 90.4. The van der Waals surface area contributed by atoms with E-state index >= 15 is 0 Å². The van der Waals surface area contributed by atoms with Crippen LogP contribution in [0.4, 0.5) is 16.2 Å². The van der Waals surface area contributed by atoms with Crippen LogP contribution in [-0.2, 0) is 33.5 Å². The predicted molar refractivity (Wildman–Crippen MR) is 217 cm³/mol. The fourth-order valence-corrected chi connectivity index (χ4v) is 6.73. The number of rotatable bonds is 12. The second-order valence-corrected chi connectivity index (χ2v) is 14.7. The van der Waals surface area contributed by atoms with Gasteiger partial charge in [-0.25, -0.2) is 9.59 Å². The summed E-state index contributed by atoms with van der Waals surface area (Å²) in [7, 11) is 3.87. The molecule has 3 heterocycles. The number of piperidine rings is 1. The Hall–Kier alpha value is -5.67. The number of ether oxygens (including phenoxy) is 1. The van der Waals surface area contributed by atoms with E-state index in [1.165, 1.54) is 10.5 Å². The van der Waals surface area contributed by atoms with Gasteiger partial charge in [0.1, 0.15) is 24.7 Å². The van der Waals surface area contributed by atoms with Crippen molar-refractivity contribution in [3.05, 3.63) is 60.2 Å². The fraction of sp³-hybridized carbons (Fsp3) is 0.537. The van der Waals surface area contributed by atoms with Crippen LogP contribution in [0.5, 0.6) is 0 Å². The largest absolute Gasteiger partial charge is 0.464 e. The number of benzene rings is 2. The fourth-order valence-electron chi connectivity index (χ4n) is 6.73. The van der Waals surface area contributed by atoms with Crippen molar-refractivity contribution in [1.82, 2.24) is 25.3 Å². The normalized spacial score (nSPS) is 18.6. The lowest BCUT2D eigenvalue weighted by Crippen LogP contribution is -2.57. The minimum absolute atomic E-state index is 0.00788. The first-order chi connectivity index (χ1) is 27.2. The van der Waals surface area contributed by atoms with Crippen molar-refractivity contribution in [3.8, 4) is 0 Å². The Bertz CT molecular complexity index is 1640. The first-order valence-corrected chi connectivity index (χ1v) is 19.6. The van der Waals surface area contributed by atoms with Crippen LogP contribution in [-0.4, -0.2) is 128 Å². The van der Waals surface area contributed by atoms with Crippen LogP contribution >= 0.6 is 0 Å². The molecule has 2 aromatic carbocycles. The van der Waals surface area contributed by atoms with Gasteiger partial charge in [0.05, 0.1) is 13.0 Å². The van der Waals surface area contributed by atoms with Gasteiger partial charge in [-0.2, -0.15) is 0 Å². The number of anilines is 2. The highest BCUT2D eigenvalue weighted by Gasteiger charge is 2.41. The van der Waals surface area contributed by atoms with Gasteiger partial charge in [0, 0.05) is 51.1 Å². The first kappa shape index (κ1) is 45.7. The Morgan fingerprint density at radius 1 is 0.842 bits per heavy atom. The molecule has 5 rings (SSSR count). The molecule has 0 spiro atoms. The zero-order valence-corrected chi connectivity index (χ0v) is 33.9. The van der Waals surface area contributed by atoms with Crippen LogP contribution in [0.1, 0.15) is 70.8 Å². The lowest BCUT2D eigenvalue weighted by atomic mass is 9.99. The lowest BCUT2D eigenvalue weighted by Gasteiger charge is -2.38. The van der Waals surface area contributed by atoms with Gasteiger partial charge >= 0.3 is 12.0 Å². The number of amides is 7. The molecule has 16 heteroatoms. The van der Waals surface area contributed by atoms with E-state index in [9.17, 15) is 33.6 Å². The first-order valence-electron chi connectivity index (χ1n) is 19.6. The van der Waals surface area contributed by atoms with Crippen molar-refractivity contribution < 1.29 is 38.3 Å². The van der Waals surface area contributed by atoms with Gasteiger partial charge < -0.3 is 46.0 Å². The molecule has 7 amide bonds. The summed E-state index contributed by atoms with van der Waals surface area (Å²) in [6, 6.07) is 15.4. The number of primary amides is 1. The summed E-state index contributed by atoms with van der Waals surface area (Å²) in [6.45, 7) is 7.12. The summed E-state index contributed by atoms with van der Waals surface area (Å²) in [6.07, 6.45) is 5.59. The molecule has 57 heavy (non-hydrogen) atoms. The summed E-state index contributed by atoms with van der Waals surface area (Å²) >= 11 is 0. The van der Waals surface area contributed by atoms with Crippen molar-refractivity contribution in [2.45, 2.75) is 96.3 Å². The number of nitrogens with zero attached hydrogens (tertiary/aromatic N) is 4. The third kappa shape index (κ3) is 15.1. The summed E-state index contributed by atoms with van der Waals surface area (Å²) in [5, 5.41) is 7.82. The Morgan fingerprint density at radius 3 is 2.07 bits per heavy atom. The number of likely N-dealkylation sites (tertiary alicyclic amines) is 3. The number of nitrogens with two attached hydrogens (primary N) is 1. The molecule has 3 atom stereocenters.